The Bertz CT molecular complexity index is 290. The monoisotopic (exact) mass is 319 g/mol. The fourth-order valence-electron chi connectivity index (χ4n) is 1.89. The van der Waals surface area contributed by atoms with Crippen LogP contribution in [0.3, 0.4) is 0 Å². The highest BCUT2D eigenvalue weighted by atomic mass is 127. The van der Waals surface area contributed by atoms with Gasteiger partial charge in [0.05, 0.1) is 21.1 Å². The smallest absolute Gasteiger partial charge is 0.167 e. The van der Waals surface area contributed by atoms with E-state index in [1.807, 2.05) is 35.0 Å². The van der Waals surface area contributed by atoms with Crippen molar-refractivity contribution in [2.45, 2.75) is 24.6 Å². The van der Waals surface area contributed by atoms with Gasteiger partial charge >= 0.3 is 0 Å². The molecule has 1 aliphatic heterocycles. The summed E-state index contributed by atoms with van der Waals surface area (Å²) in [6.07, 6.45) is 0. The first-order chi connectivity index (χ1) is 5.09. The molecule has 13 heavy (non-hydrogen) atoms. The Hall–Kier alpha value is 0.640. The van der Waals surface area contributed by atoms with Gasteiger partial charge in [0.15, 0.2) is 9.84 Å². The predicted octanol–water partition coefficient (Wildman–Crippen LogP) is -2.73. The molecule has 5 heteroatoms. The molecule has 80 valence electrons. The summed E-state index contributed by atoms with van der Waals surface area (Å²) < 4.78 is 23.0. The molecule has 1 saturated heterocycles. The van der Waals surface area contributed by atoms with Gasteiger partial charge in [-0.2, -0.15) is 0 Å². The van der Waals surface area contributed by atoms with E-state index in [2.05, 4.69) is 0 Å². The van der Waals surface area contributed by atoms with Crippen molar-refractivity contribution < 1.29 is 36.9 Å². The standard InChI is InChI=1S/C8H18NO2S.HI/c1-8(2)7(9(3,4)5)6-12(8,10)11;/h7H,6H2,1-5H3;1H/q+1;/p-1. The zero-order valence-corrected chi connectivity index (χ0v) is 11.8. The van der Waals surface area contributed by atoms with Crippen molar-refractivity contribution in [2.75, 3.05) is 26.9 Å². The van der Waals surface area contributed by atoms with Crippen LogP contribution >= 0.6 is 0 Å². The molecule has 0 aromatic rings. The molecule has 0 aliphatic carbocycles. The van der Waals surface area contributed by atoms with Crippen molar-refractivity contribution >= 4 is 9.84 Å². The molecule has 0 saturated carbocycles. The van der Waals surface area contributed by atoms with Crippen molar-refractivity contribution in [2.24, 2.45) is 0 Å². The average Bonchev–Trinajstić information content (AvgIpc) is 1.81. The summed E-state index contributed by atoms with van der Waals surface area (Å²) in [5.74, 6) is 0.337. The van der Waals surface area contributed by atoms with Crippen LogP contribution in [-0.2, 0) is 9.84 Å². The third kappa shape index (κ3) is 2.02. The summed E-state index contributed by atoms with van der Waals surface area (Å²) in [6, 6.07) is 0.238. The topological polar surface area (TPSA) is 34.1 Å². The Morgan fingerprint density at radius 2 is 1.62 bits per heavy atom. The van der Waals surface area contributed by atoms with Crippen molar-refractivity contribution in [3.8, 4) is 0 Å². The van der Waals surface area contributed by atoms with Gasteiger partial charge in [-0.25, -0.2) is 8.42 Å². The fraction of sp³-hybridized carbons (Fsp3) is 1.00. The van der Waals surface area contributed by atoms with Crippen LogP contribution < -0.4 is 24.0 Å². The molecule has 0 radical (unpaired) electrons. The number of quaternary nitrogens is 1. The highest BCUT2D eigenvalue weighted by Gasteiger charge is 2.60. The van der Waals surface area contributed by atoms with Crippen LogP contribution in [0.4, 0.5) is 0 Å². The van der Waals surface area contributed by atoms with E-state index in [0.29, 0.717) is 5.75 Å². The van der Waals surface area contributed by atoms with Gasteiger partial charge in [0.1, 0.15) is 16.5 Å². The van der Waals surface area contributed by atoms with Gasteiger partial charge in [-0.15, -0.1) is 0 Å². The van der Waals surface area contributed by atoms with Gasteiger partial charge in [0.2, 0.25) is 0 Å². The zero-order chi connectivity index (χ0) is 9.78. The second-order valence-electron chi connectivity index (χ2n) is 5.02. The minimum Gasteiger partial charge on any atom is -1.00 e. The van der Waals surface area contributed by atoms with Crippen LogP contribution in [0.2, 0.25) is 0 Å². The molecular weight excluding hydrogens is 301 g/mol. The van der Waals surface area contributed by atoms with Crippen LogP contribution in [-0.4, -0.2) is 50.6 Å². The Labute approximate surface area is 98.0 Å². The van der Waals surface area contributed by atoms with E-state index in [4.69, 9.17) is 0 Å². The second kappa shape index (κ2) is 3.34. The quantitative estimate of drug-likeness (QED) is 0.389. The molecule has 0 bridgehead atoms. The Morgan fingerprint density at radius 3 is 1.69 bits per heavy atom. The molecular formula is C8H18INO2S. The summed E-state index contributed by atoms with van der Waals surface area (Å²) >= 11 is 0. The van der Waals surface area contributed by atoms with Gasteiger partial charge in [-0.1, -0.05) is 0 Å². The first-order valence-corrected chi connectivity index (χ1v) is 5.78. The molecule has 0 amide bonds. The lowest BCUT2D eigenvalue weighted by Gasteiger charge is -2.50. The number of halogens is 1. The fourth-order valence-corrected chi connectivity index (χ4v) is 4.11. The van der Waals surface area contributed by atoms with Gasteiger partial charge in [-0.05, 0) is 13.8 Å². The lowest BCUT2D eigenvalue weighted by molar-refractivity contribution is -0.897. The molecule has 0 aromatic carbocycles. The Morgan fingerprint density at radius 1 is 1.23 bits per heavy atom. The zero-order valence-electron chi connectivity index (χ0n) is 8.83. The third-order valence-electron chi connectivity index (χ3n) is 2.92. The van der Waals surface area contributed by atoms with Gasteiger partial charge in [0.25, 0.3) is 0 Å². The maximum Gasteiger partial charge on any atom is 0.167 e. The highest BCUT2D eigenvalue weighted by molar-refractivity contribution is 7.94. The summed E-state index contributed by atoms with van der Waals surface area (Å²) in [7, 11) is 3.32. The van der Waals surface area contributed by atoms with E-state index in [0.717, 1.165) is 4.48 Å². The Balaban J connectivity index is 0.00000144. The normalized spacial score (nSPS) is 30.1. The minimum absolute atomic E-state index is 0. The van der Waals surface area contributed by atoms with Crippen LogP contribution in [0, 0.1) is 0 Å². The molecule has 0 spiro atoms. The van der Waals surface area contributed by atoms with E-state index in [1.54, 1.807) is 0 Å². The maximum atomic E-state index is 11.4. The highest BCUT2D eigenvalue weighted by Crippen LogP contribution is 2.38. The lowest BCUT2D eigenvalue weighted by Crippen LogP contribution is -3.00. The van der Waals surface area contributed by atoms with E-state index in [-0.39, 0.29) is 30.0 Å². The maximum absolute atomic E-state index is 11.4. The summed E-state index contributed by atoms with van der Waals surface area (Å²) in [5.41, 5.74) is 0. The summed E-state index contributed by atoms with van der Waals surface area (Å²) in [6.45, 7) is 3.64. The van der Waals surface area contributed by atoms with Gasteiger partial charge in [0, 0.05) is 0 Å². The molecule has 0 aromatic heterocycles. The molecule has 3 nitrogen and oxygen atoms in total. The first-order valence-electron chi connectivity index (χ1n) is 4.12. The third-order valence-corrected chi connectivity index (χ3v) is 5.55. The number of rotatable bonds is 1. The van der Waals surface area contributed by atoms with Crippen molar-refractivity contribution in [1.82, 2.24) is 0 Å². The van der Waals surface area contributed by atoms with Crippen LogP contribution in [0.5, 0.6) is 0 Å². The average molecular weight is 319 g/mol. The predicted molar refractivity (Wildman–Crippen MR) is 49.7 cm³/mol. The second-order valence-corrected chi connectivity index (χ2v) is 7.63. The van der Waals surface area contributed by atoms with Gasteiger partial charge in [-0.3, -0.25) is 0 Å². The number of hydrogen-bond acceptors (Lipinski definition) is 2. The van der Waals surface area contributed by atoms with E-state index in [9.17, 15) is 8.42 Å². The minimum atomic E-state index is -2.81. The number of hydrogen-bond donors (Lipinski definition) is 0. The molecule has 1 atom stereocenters. The van der Waals surface area contributed by atoms with Crippen molar-refractivity contribution in [3.63, 3.8) is 0 Å². The molecule has 0 N–H and O–H groups in total. The van der Waals surface area contributed by atoms with E-state index in [1.165, 1.54) is 0 Å². The largest absolute Gasteiger partial charge is 1.00 e. The van der Waals surface area contributed by atoms with Crippen molar-refractivity contribution in [3.05, 3.63) is 0 Å². The van der Waals surface area contributed by atoms with Crippen LogP contribution in [0.25, 0.3) is 0 Å². The SMILES string of the molecule is CC1(C)C([N+](C)(C)C)CS1(=O)=O.[I-]. The molecule has 1 rings (SSSR count). The van der Waals surface area contributed by atoms with E-state index < -0.39 is 14.6 Å². The molecule has 1 aliphatic rings. The van der Waals surface area contributed by atoms with Crippen LogP contribution in [0.1, 0.15) is 13.8 Å². The summed E-state index contributed by atoms with van der Waals surface area (Å²) in [5, 5.41) is 0. The van der Waals surface area contributed by atoms with Gasteiger partial charge < -0.3 is 28.5 Å². The van der Waals surface area contributed by atoms with E-state index >= 15 is 0 Å². The molecule has 1 heterocycles. The van der Waals surface area contributed by atoms with Crippen molar-refractivity contribution in [1.29, 1.82) is 0 Å². The lowest BCUT2D eigenvalue weighted by atomic mass is 10.0. The molecule has 1 unspecified atom stereocenters. The van der Waals surface area contributed by atoms with Crippen LogP contribution in [0.15, 0.2) is 0 Å². The first kappa shape index (κ1) is 13.6. The molecule has 1 fully saturated rings. The number of nitrogens with zero attached hydrogens (tertiary/aromatic N) is 1. The summed E-state index contributed by atoms with van der Waals surface area (Å²) in [4.78, 5) is 0. The Kier molecular flexibility index (Phi) is 3.51. The number of sulfone groups is 1.